The van der Waals surface area contributed by atoms with Gasteiger partial charge in [0.1, 0.15) is 5.82 Å². The van der Waals surface area contributed by atoms with Crippen molar-refractivity contribution < 1.29 is 4.39 Å². The first kappa shape index (κ1) is 22.6. The Morgan fingerprint density at radius 2 is 1.89 bits per heavy atom. The fourth-order valence-electron chi connectivity index (χ4n) is 3.61. The second kappa shape index (κ2) is 10.8. The van der Waals surface area contributed by atoms with Gasteiger partial charge in [0.2, 0.25) is 0 Å². The minimum atomic E-state index is -0.158. The van der Waals surface area contributed by atoms with Crippen LogP contribution in [0, 0.1) is 5.82 Å². The molecule has 2 N–H and O–H groups in total. The standard InChI is InChI=1S/C22H38FN5/c1-6-24-21(26-17-22(2,3)28-12-8-7-9-13-28)25-15-18-10-11-20(23)19(14-18)16-27(4)5/h10-11,14H,6-9,12-13,15-17H2,1-5H3,(H2,24,25,26). The van der Waals surface area contributed by atoms with E-state index in [1.807, 2.05) is 31.1 Å². The summed E-state index contributed by atoms with van der Waals surface area (Å²) in [6, 6.07) is 5.28. The van der Waals surface area contributed by atoms with E-state index in [1.54, 1.807) is 6.07 Å². The van der Waals surface area contributed by atoms with Crippen LogP contribution in [-0.2, 0) is 13.1 Å². The van der Waals surface area contributed by atoms with Gasteiger partial charge >= 0.3 is 0 Å². The van der Waals surface area contributed by atoms with Crippen LogP contribution in [0.3, 0.4) is 0 Å². The summed E-state index contributed by atoms with van der Waals surface area (Å²) in [7, 11) is 3.89. The van der Waals surface area contributed by atoms with E-state index in [1.165, 1.54) is 32.4 Å². The van der Waals surface area contributed by atoms with Gasteiger partial charge in [-0.1, -0.05) is 12.5 Å². The molecule has 0 unspecified atom stereocenters. The first-order valence-electron chi connectivity index (χ1n) is 10.5. The van der Waals surface area contributed by atoms with Gasteiger partial charge in [0.15, 0.2) is 5.96 Å². The van der Waals surface area contributed by atoms with Crippen LogP contribution in [-0.4, -0.2) is 61.6 Å². The summed E-state index contributed by atoms with van der Waals surface area (Å²) < 4.78 is 14.0. The van der Waals surface area contributed by atoms with Gasteiger partial charge in [-0.05, 0) is 78.5 Å². The van der Waals surface area contributed by atoms with E-state index in [0.29, 0.717) is 18.7 Å². The highest BCUT2D eigenvalue weighted by atomic mass is 19.1. The van der Waals surface area contributed by atoms with Crippen molar-refractivity contribution in [2.75, 3.05) is 40.3 Å². The maximum atomic E-state index is 14.0. The lowest BCUT2D eigenvalue weighted by Gasteiger charge is -2.41. The molecule has 1 aliphatic rings. The van der Waals surface area contributed by atoms with Gasteiger partial charge in [0.05, 0.1) is 6.54 Å². The van der Waals surface area contributed by atoms with Gasteiger partial charge in [0.25, 0.3) is 0 Å². The molecular formula is C22H38FN5. The van der Waals surface area contributed by atoms with Crippen molar-refractivity contribution in [2.45, 2.75) is 58.7 Å². The number of nitrogens with one attached hydrogen (secondary N) is 2. The van der Waals surface area contributed by atoms with Crippen LogP contribution in [0.1, 0.15) is 51.2 Å². The first-order valence-corrected chi connectivity index (χ1v) is 10.5. The van der Waals surface area contributed by atoms with Crippen molar-refractivity contribution in [2.24, 2.45) is 4.99 Å². The summed E-state index contributed by atoms with van der Waals surface area (Å²) in [5.74, 6) is 0.654. The smallest absolute Gasteiger partial charge is 0.191 e. The number of aliphatic imine (C=N–C) groups is 1. The molecule has 1 saturated heterocycles. The number of hydrogen-bond acceptors (Lipinski definition) is 3. The molecule has 1 aliphatic heterocycles. The molecule has 1 heterocycles. The average Bonchev–Trinajstić information content (AvgIpc) is 2.66. The zero-order chi connectivity index (χ0) is 20.6. The molecule has 5 nitrogen and oxygen atoms in total. The maximum Gasteiger partial charge on any atom is 0.191 e. The SMILES string of the molecule is CCNC(=NCc1ccc(F)c(CN(C)C)c1)NCC(C)(C)N1CCCCC1. The molecule has 1 aromatic carbocycles. The Balaban J connectivity index is 1.99. The van der Waals surface area contributed by atoms with E-state index in [4.69, 9.17) is 4.99 Å². The van der Waals surface area contributed by atoms with Crippen LogP contribution < -0.4 is 10.6 Å². The van der Waals surface area contributed by atoms with E-state index >= 15 is 0 Å². The number of piperidine rings is 1. The summed E-state index contributed by atoms with van der Waals surface area (Å²) >= 11 is 0. The van der Waals surface area contributed by atoms with E-state index in [9.17, 15) is 4.39 Å². The van der Waals surface area contributed by atoms with Crippen LogP contribution in [0.2, 0.25) is 0 Å². The predicted octanol–water partition coefficient (Wildman–Crippen LogP) is 3.21. The van der Waals surface area contributed by atoms with Crippen molar-refractivity contribution in [3.05, 3.63) is 35.1 Å². The second-order valence-electron chi connectivity index (χ2n) is 8.57. The predicted molar refractivity (Wildman–Crippen MR) is 116 cm³/mol. The van der Waals surface area contributed by atoms with Crippen LogP contribution in [0.25, 0.3) is 0 Å². The van der Waals surface area contributed by atoms with E-state index in [0.717, 1.165) is 24.6 Å². The molecular weight excluding hydrogens is 353 g/mol. The quantitative estimate of drug-likeness (QED) is 0.528. The third-order valence-electron chi connectivity index (χ3n) is 5.26. The Morgan fingerprint density at radius 3 is 2.54 bits per heavy atom. The molecule has 1 aromatic rings. The molecule has 0 radical (unpaired) electrons. The molecule has 0 bridgehead atoms. The van der Waals surface area contributed by atoms with Crippen LogP contribution >= 0.6 is 0 Å². The third kappa shape index (κ3) is 7.06. The number of benzene rings is 1. The number of nitrogens with zero attached hydrogens (tertiary/aromatic N) is 3. The zero-order valence-corrected chi connectivity index (χ0v) is 18.3. The lowest BCUT2D eigenvalue weighted by molar-refractivity contribution is 0.0982. The summed E-state index contributed by atoms with van der Waals surface area (Å²) in [6.45, 7) is 11.8. The molecule has 6 heteroatoms. The minimum absolute atomic E-state index is 0.0887. The summed E-state index contributed by atoms with van der Waals surface area (Å²) in [5, 5.41) is 6.83. The fourth-order valence-corrected chi connectivity index (χ4v) is 3.61. The third-order valence-corrected chi connectivity index (χ3v) is 5.26. The number of rotatable bonds is 8. The van der Waals surface area contributed by atoms with E-state index in [-0.39, 0.29) is 11.4 Å². The topological polar surface area (TPSA) is 42.9 Å². The molecule has 0 spiro atoms. The summed E-state index contributed by atoms with van der Waals surface area (Å²) in [6.07, 6.45) is 3.92. The Kier molecular flexibility index (Phi) is 8.70. The van der Waals surface area contributed by atoms with Crippen molar-refractivity contribution >= 4 is 5.96 Å². The van der Waals surface area contributed by atoms with Gasteiger partial charge < -0.3 is 15.5 Å². The van der Waals surface area contributed by atoms with Crippen molar-refractivity contribution in [3.8, 4) is 0 Å². The Labute approximate surface area is 170 Å². The van der Waals surface area contributed by atoms with E-state index < -0.39 is 0 Å². The average molecular weight is 392 g/mol. The molecule has 28 heavy (non-hydrogen) atoms. The molecule has 0 saturated carbocycles. The van der Waals surface area contributed by atoms with Gasteiger partial charge in [-0.25, -0.2) is 9.38 Å². The van der Waals surface area contributed by atoms with Crippen LogP contribution in [0.15, 0.2) is 23.2 Å². The molecule has 0 amide bonds. The largest absolute Gasteiger partial charge is 0.357 e. The molecule has 0 atom stereocenters. The highest BCUT2D eigenvalue weighted by Crippen LogP contribution is 2.19. The zero-order valence-electron chi connectivity index (χ0n) is 18.3. The van der Waals surface area contributed by atoms with Crippen molar-refractivity contribution in [3.63, 3.8) is 0 Å². The fraction of sp³-hybridized carbons (Fsp3) is 0.682. The van der Waals surface area contributed by atoms with Crippen LogP contribution in [0.5, 0.6) is 0 Å². The number of hydrogen-bond donors (Lipinski definition) is 2. The van der Waals surface area contributed by atoms with Crippen molar-refractivity contribution in [1.29, 1.82) is 0 Å². The number of guanidine groups is 1. The Bertz CT molecular complexity index is 636. The lowest BCUT2D eigenvalue weighted by Crippen LogP contribution is -2.54. The van der Waals surface area contributed by atoms with Crippen LogP contribution in [0.4, 0.5) is 4.39 Å². The van der Waals surface area contributed by atoms with E-state index in [2.05, 4.69) is 36.3 Å². The highest BCUT2D eigenvalue weighted by Gasteiger charge is 2.27. The van der Waals surface area contributed by atoms with Gasteiger partial charge in [0, 0.05) is 30.7 Å². The van der Waals surface area contributed by atoms with Gasteiger partial charge in [-0.2, -0.15) is 0 Å². The Morgan fingerprint density at radius 1 is 1.18 bits per heavy atom. The number of likely N-dealkylation sites (tertiary alicyclic amines) is 1. The normalized spacial score (nSPS) is 16.5. The van der Waals surface area contributed by atoms with Gasteiger partial charge in [-0.3, -0.25) is 4.90 Å². The van der Waals surface area contributed by atoms with Crippen molar-refractivity contribution in [1.82, 2.24) is 20.4 Å². The lowest BCUT2D eigenvalue weighted by atomic mass is 9.98. The second-order valence-corrected chi connectivity index (χ2v) is 8.57. The van der Waals surface area contributed by atoms with Gasteiger partial charge in [-0.15, -0.1) is 0 Å². The molecule has 1 fully saturated rings. The summed E-state index contributed by atoms with van der Waals surface area (Å²) in [4.78, 5) is 9.26. The number of halogens is 1. The molecule has 2 rings (SSSR count). The maximum absolute atomic E-state index is 14.0. The highest BCUT2D eigenvalue weighted by molar-refractivity contribution is 5.79. The molecule has 158 valence electrons. The first-order chi connectivity index (χ1) is 13.3. The molecule has 0 aromatic heterocycles. The Hall–Kier alpha value is -1.66. The monoisotopic (exact) mass is 391 g/mol. The minimum Gasteiger partial charge on any atom is -0.357 e. The molecule has 0 aliphatic carbocycles. The summed E-state index contributed by atoms with van der Waals surface area (Å²) in [5.41, 5.74) is 1.82.